The Morgan fingerprint density at radius 2 is 2.06 bits per heavy atom. The highest BCUT2D eigenvalue weighted by molar-refractivity contribution is 5.89. The van der Waals surface area contributed by atoms with Crippen LogP contribution in [-0.4, -0.2) is 23.5 Å². The highest BCUT2D eigenvalue weighted by Gasteiger charge is 2.06. The van der Waals surface area contributed by atoms with E-state index in [1.807, 2.05) is 6.92 Å². The van der Waals surface area contributed by atoms with Crippen LogP contribution < -0.4 is 16.4 Å². The Morgan fingerprint density at radius 3 is 2.56 bits per heavy atom. The first-order chi connectivity index (χ1) is 8.49. The average Bonchev–Trinajstić information content (AvgIpc) is 2.29. The number of non-ortho nitro benzene ring substituents is 1. The number of benzene rings is 1. The summed E-state index contributed by atoms with van der Waals surface area (Å²) in [7, 11) is 0. The number of nitro benzene ring substituents is 1. The summed E-state index contributed by atoms with van der Waals surface area (Å²) < 4.78 is 0. The number of nitro groups is 1. The van der Waals surface area contributed by atoms with E-state index in [0.717, 1.165) is 0 Å². The maximum Gasteiger partial charge on any atom is 0.319 e. The fraction of sp³-hybridized carbons (Fsp3) is 0.364. The van der Waals surface area contributed by atoms with E-state index in [1.165, 1.54) is 24.3 Å². The van der Waals surface area contributed by atoms with E-state index < -0.39 is 4.92 Å². The molecule has 0 bridgehead atoms. The van der Waals surface area contributed by atoms with Gasteiger partial charge < -0.3 is 16.4 Å². The molecule has 0 spiro atoms. The number of nitrogens with one attached hydrogen (secondary N) is 2. The molecule has 1 atom stereocenters. The summed E-state index contributed by atoms with van der Waals surface area (Å²) in [6.07, 6.45) is 0.688. The van der Waals surface area contributed by atoms with E-state index in [0.29, 0.717) is 18.7 Å². The van der Waals surface area contributed by atoms with Gasteiger partial charge in [-0.15, -0.1) is 0 Å². The zero-order chi connectivity index (χ0) is 13.5. The number of urea groups is 1. The van der Waals surface area contributed by atoms with Crippen LogP contribution in [0.25, 0.3) is 0 Å². The molecule has 7 heteroatoms. The summed E-state index contributed by atoms with van der Waals surface area (Å²) in [4.78, 5) is 21.4. The number of amides is 2. The van der Waals surface area contributed by atoms with E-state index in [9.17, 15) is 14.9 Å². The average molecular weight is 252 g/mol. The summed E-state index contributed by atoms with van der Waals surface area (Å²) in [6.45, 7) is 2.34. The van der Waals surface area contributed by atoms with Gasteiger partial charge in [0.2, 0.25) is 0 Å². The third-order valence-corrected chi connectivity index (χ3v) is 2.22. The first-order valence-electron chi connectivity index (χ1n) is 5.54. The zero-order valence-electron chi connectivity index (χ0n) is 10.1. The standard InChI is InChI=1S/C11H16N4O3/c1-8(12)6-7-13-11(16)14-9-2-4-10(5-3-9)15(17)18/h2-5,8H,6-7,12H2,1H3,(H2,13,14,16). The first-order valence-corrected chi connectivity index (χ1v) is 5.54. The summed E-state index contributed by atoms with van der Waals surface area (Å²) >= 11 is 0. The number of carbonyl (C=O) groups is 1. The molecule has 0 aliphatic rings. The number of rotatable bonds is 5. The summed E-state index contributed by atoms with van der Waals surface area (Å²) in [5, 5.41) is 15.6. The minimum absolute atomic E-state index is 0.0158. The fourth-order valence-corrected chi connectivity index (χ4v) is 1.26. The summed E-state index contributed by atoms with van der Waals surface area (Å²) in [5.74, 6) is 0. The minimum atomic E-state index is -0.494. The predicted molar refractivity (Wildman–Crippen MR) is 68.4 cm³/mol. The van der Waals surface area contributed by atoms with Crippen molar-refractivity contribution >= 4 is 17.4 Å². The van der Waals surface area contributed by atoms with Crippen molar-refractivity contribution in [2.75, 3.05) is 11.9 Å². The molecular weight excluding hydrogens is 236 g/mol. The summed E-state index contributed by atoms with van der Waals surface area (Å²) in [5.41, 5.74) is 6.02. The number of carbonyl (C=O) groups excluding carboxylic acids is 1. The molecule has 0 saturated heterocycles. The summed E-state index contributed by atoms with van der Waals surface area (Å²) in [6, 6.07) is 5.29. The molecule has 1 aromatic rings. The number of hydrogen-bond acceptors (Lipinski definition) is 4. The number of hydrogen-bond donors (Lipinski definition) is 3. The lowest BCUT2D eigenvalue weighted by molar-refractivity contribution is -0.384. The van der Waals surface area contributed by atoms with Crippen LogP contribution in [0.2, 0.25) is 0 Å². The Labute approximate surface area is 105 Å². The maximum atomic E-state index is 11.4. The molecule has 0 saturated carbocycles. The van der Waals surface area contributed by atoms with Gasteiger partial charge in [0, 0.05) is 30.4 Å². The predicted octanol–water partition coefficient (Wildman–Crippen LogP) is 1.45. The van der Waals surface area contributed by atoms with Gasteiger partial charge in [0.05, 0.1) is 4.92 Å². The molecule has 1 aromatic carbocycles. The molecule has 1 rings (SSSR count). The second-order valence-electron chi connectivity index (χ2n) is 3.95. The van der Waals surface area contributed by atoms with Crippen molar-refractivity contribution in [3.05, 3.63) is 34.4 Å². The molecule has 1 unspecified atom stereocenters. The van der Waals surface area contributed by atoms with Crippen molar-refractivity contribution in [2.45, 2.75) is 19.4 Å². The lowest BCUT2D eigenvalue weighted by atomic mass is 10.2. The Morgan fingerprint density at radius 1 is 1.44 bits per heavy atom. The van der Waals surface area contributed by atoms with Crippen molar-refractivity contribution in [3.63, 3.8) is 0 Å². The molecule has 2 amide bonds. The van der Waals surface area contributed by atoms with Crippen LogP contribution in [0.1, 0.15) is 13.3 Å². The second-order valence-corrected chi connectivity index (χ2v) is 3.95. The van der Waals surface area contributed by atoms with Crippen LogP contribution in [0, 0.1) is 10.1 Å². The molecule has 4 N–H and O–H groups in total. The van der Waals surface area contributed by atoms with Gasteiger partial charge in [-0.05, 0) is 25.5 Å². The Balaban J connectivity index is 2.42. The molecule has 0 heterocycles. The van der Waals surface area contributed by atoms with E-state index >= 15 is 0 Å². The van der Waals surface area contributed by atoms with Crippen LogP contribution in [0.15, 0.2) is 24.3 Å². The topological polar surface area (TPSA) is 110 Å². The van der Waals surface area contributed by atoms with Crippen molar-refractivity contribution in [2.24, 2.45) is 5.73 Å². The van der Waals surface area contributed by atoms with Crippen LogP contribution >= 0.6 is 0 Å². The Bertz CT molecular complexity index is 417. The zero-order valence-corrected chi connectivity index (χ0v) is 10.1. The Kier molecular flexibility index (Phi) is 5.06. The highest BCUT2D eigenvalue weighted by Crippen LogP contribution is 2.14. The van der Waals surface area contributed by atoms with Gasteiger partial charge in [0.25, 0.3) is 5.69 Å². The molecule has 0 aliphatic carbocycles. The molecule has 7 nitrogen and oxygen atoms in total. The highest BCUT2D eigenvalue weighted by atomic mass is 16.6. The monoisotopic (exact) mass is 252 g/mol. The van der Waals surface area contributed by atoms with Gasteiger partial charge in [0.1, 0.15) is 0 Å². The van der Waals surface area contributed by atoms with Crippen LogP contribution in [0.3, 0.4) is 0 Å². The minimum Gasteiger partial charge on any atom is -0.338 e. The second kappa shape index (κ2) is 6.55. The van der Waals surface area contributed by atoms with E-state index in [1.54, 1.807) is 0 Å². The van der Waals surface area contributed by atoms with Crippen molar-refractivity contribution in [1.82, 2.24) is 5.32 Å². The molecular formula is C11H16N4O3. The smallest absolute Gasteiger partial charge is 0.319 e. The van der Waals surface area contributed by atoms with Crippen molar-refractivity contribution < 1.29 is 9.72 Å². The Hall–Kier alpha value is -2.15. The molecule has 98 valence electrons. The van der Waals surface area contributed by atoms with Gasteiger partial charge in [-0.2, -0.15) is 0 Å². The van der Waals surface area contributed by atoms with Crippen molar-refractivity contribution in [3.8, 4) is 0 Å². The van der Waals surface area contributed by atoms with E-state index in [4.69, 9.17) is 5.73 Å². The molecule has 0 aliphatic heterocycles. The van der Waals surface area contributed by atoms with Crippen LogP contribution in [-0.2, 0) is 0 Å². The normalized spacial score (nSPS) is 11.7. The first kappa shape index (κ1) is 13.9. The molecule has 0 radical (unpaired) electrons. The quantitative estimate of drug-likeness (QED) is 0.544. The number of anilines is 1. The number of nitrogens with two attached hydrogens (primary N) is 1. The van der Waals surface area contributed by atoms with E-state index in [2.05, 4.69) is 10.6 Å². The van der Waals surface area contributed by atoms with Gasteiger partial charge in [-0.3, -0.25) is 10.1 Å². The van der Waals surface area contributed by atoms with Gasteiger partial charge >= 0.3 is 6.03 Å². The SMILES string of the molecule is CC(N)CCNC(=O)Nc1ccc([N+](=O)[O-])cc1. The van der Waals surface area contributed by atoms with Gasteiger partial charge in [-0.25, -0.2) is 4.79 Å². The largest absolute Gasteiger partial charge is 0.338 e. The molecule has 0 aromatic heterocycles. The lowest BCUT2D eigenvalue weighted by Crippen LogP contribution is -2.32. The van der Waals surface area contributed by atoms with Gasteiger partial charge in [-0.1, -0.05) is 0 Å². The van der Waals surface area contributed by atoms with Crippen LogP contribution in [0.4, 0.5) is 16.2 Å². The van der Waals surface area contributed by atoms with Crippen molar-refractivity contribution in [1.29, 1.82) is 0 Å². The van der Waals surface area contributed by atoms with Crippen LogP contribution in [0.5, 0.6) is 0 Å². The molecule has 18 heavy (non-hydrogen) atoms. The number of nitrogens with zero attached hydrogens (tertiary/aromatic N) is 1. The lowest BCUT2D eigenvalue weighted by Gasteiger charge is -2.08. The maximum absolute atomic E-state index is 11.4. The van der Waals surface area contributed by atoms with E-state index in [-0.39, 0.29) is 17.8 Å². The van der Waals surface area contributed by atoms with Gasteiger partial charge in [0.15, 0.2) is 0 Å². The fourth-order valence-electron chi connectivity index (χ4n) is 1.26. The third-order valence-electron chi connectivity index (χ3n) is 2.22. The molecule has 0 fully saturated rings. The third kappa shape index (κ3) is 4.79.